The van der Waals surface area contributed by atoms with E-state index < -0.39 is 24.1 Å². The number of rotatable bonds is 6. The molecule has 1 aromatic carbocycles. The van der Waals surface area contributed by atoms with E-state index in [0.29, 0.717) is 18.0 Å². The number of halogens is 1. The summed E-state index contributed by atoms with van der Waals surface area (Å²) in [7, 11) is -0.587. The quantitative estimate of drug-likeness (QED) is 0.659. The van der Waals surface area contributed by atoms with Crippen LogP contribution in [-0.2, 0) is 15.7 Å². The van der Waals surface area contributed by atoms with Crippen LogP contribution in [0.1, 0.15) is 46.6 Å². The molecule has 0 unspecified atom stereocenters. The van der Waals surface area contributed by atoms with Gasteiger partial charge in [-0.3, -0.25) is 0 Å². The Bertz CT molecular complexity index is 907. The van der Waals surface area contributed by atoms with Gasteiger partial charge in [-0.25, -0.2) is 14.4 Å². The third-order valence-electron chi connectivity index (χ3n) is 6.62. The summed E-state index contributed by atoms with van der Waals surface area (Å²) in [5.74, 6) is 0.900. The van der Waals surface area contributed by atoms with Gasteiger partial charge in [-0.2, -0.15) is 0 Å². The first-order chi connectivity index (χ1) is 14.7. The molecule has 6 nitrogen and oxygen atoms in total. The van der Waals surface area contributed by atoms with Crippen molar-refractivity contribution >= 4 is 18.5 Å². The second kappa shape index (κ2) is 8.39. The fourth-order valence-corrected chi connectivity index (χ4v) is 3.81. The number of aryl methyl sites for hydroxylation is 1. The van der Waals surface area contributed by atoms with Crippen LogP contribution in [0.5, 0.6) is 5.75 Å². The minimum absolute atomic E-state index is 0.252. The summed E-state index contributed by atoms with van der Waals surface area (Å²) in [6.45, 7) is 12.1. The number of hydrogen-bond acceptors (Lipinski definition) is 6. The van der Waals surface area contributed by atoms with E-state index in [1.54, 1.807) is 6.07 Å². The predicted molar refractivity (Wildman–Crippen MR) is 119 cm³/mol. The molecular weight excluding hydrogens is 396 g/mol. The van der Waals surface area contributed by atoms with Crippen molar-refractivity contribution in [3.05, 3.63) is 42.0 Å². The van der Waals surface area contributed by atoms with Gasteiger partial charge in [-0.15, -0.1) is 0 Å². The zero-order chi connectivity index (χ0) is 22.2. The predicted octanol–water partition coefficient (Wildman–Crippen LogP) is 3.38. The van der Waals surface area contributed by atoms with Crippen LogP contribution in [0.2, 0.25) is 0 Å². The molecule has 31 heavy (non-hydrogen) atoms. The molecule has 2 saturated heterocycles. The molecule has 166 valence electrons. The molecule has 8 heteroatoms. The van der Waals surface area contributed by atoms with Gasteiger partial charge in [0.2, 0.25) is 5.95 Å². The highest BCUT2D eigenvalue weighted by Crippen LogP contribution is 2.36. The number of benzene rings is 1. The maximum Gasteiger partial charge on any atom is 0.494 e. The first-order valence-corrected chi connectivity index (χ1v) is 11.0. The first-order valence-electron chi connectivity index (χ1n) is 11.0. The number of hydrogen-bond donors (Lipinski definition) is 0. The second-order valence-electron chi connectivity index (χ2n) is 9.43. The van der Waals surface area contributed by atoms with Gasteiger partial charge in [0.25, 0.3) is 0 Å². The summed E-state index contributed by atoms with van der Waals surface area (Å²) in [4.78, 5) is 11.1. The van der Waals surface area contributed by atoms with Gasteiger partial charge in [-0.1, -0.05) is 13.0 Å². The summed E-state index contributed by atoms with van der Waals surface area (Å²) < 4.78 is 32.5. The zero-order valence-electron chi connectivity index (χ0n) is 19.0. The van der Waals surface area contributed by atoms with Gasteiger partial charge in [0.1, 0.15) is 0 Å². The van der Waals surface area contributed by atoms with Crippen molar-refractivity contribution in [3.8, 4) is 5.75 Å². The van der Waals surface area contributed by atoms with Crippen LogP contribution in [0.25, 0.3) is 0 Å². The van der Waals surface area contributed by atoms with Crippen LogP contribution < -0.4 is 15.1 Å². The fraction of sp³-hybridized carbons (Fsp3) is 0.565. The van der Waals surface area contributed by atoms with Crippen LogP contribution in [-0.4, -0.2) is 48.0 Å². The molecule has 0 bridgehead atoms. The number of aromatic nitrogens is 2. The monoisotopic (exact) mass is 427 g/mol. The van der Waals surface area contributed by atoms with Crippen LogP contribution in [0, 0.1) is 11.7 Å². The number of anilines is 1. The summed E-state index contributed by atoms with van der Waals surface area (Å²) in [5.41, 5.74) is 0.863. The summed E-state index contributed by atoms with van der Waals surface area (Å²) in [6.07, 6.45) is 5.65. The van der Waals surface area contributed by atoms with Crippen molar-refractivity contribution in [2.24, 2.45) is 5.92 Å². The molecule has 2 aliphatic rings. The van der Waals surface area contributed by atoms with Crippen molar-refractivity contribution in [1.82, 2.24) is 9.97 Å². The number of ether oxygens (including phenoxy) is 1. The van der Waals surface area contributed by atoms with E-state index in [1.165, 1.54) is 6.07 Å². The van der Waals surface area contributed by atoms with Gasteiger partial charge >= 0.3 is 7.12 Å². The Morgan fingerprint density at radius 3 is 2.45 bits per heavy atom. The lowest BCUT2D eigenvalue weighted by Crippen LogP contribution is -2.41. The van der Waals surface area contributed by atoms with Crippen molar-refractivity contribution < 1.29 is 18.4 Å². The molecule has 1 aromatic heterocycles. The highest BCUT2D eigenvalue weighted by atomic mass is 19.1. The van der Waals surface area contributed by atoms with E-state index in [9.17, 15) is 4.39 Å². The fourth-order valence-electron chi connectivity index (χ4n) is 3.81. The topological polar surface area (TPSA) is 56.7 Å². The molecule has 2 fully saturated rings. The molecule has 0 radical (unpaired) electrons. The van der Waals surface area contributed by atoms with E-state index in [4.69, 9.17) is 14.0 Å². The average molecular weight is 427 g/mol. The summed E-state index contributed by atoms with van der Waals surface area (Å²) >= 11 is 0. The first kappa shape index (κ1) is 22.0. The Kier molecular flexibility index (Phi) is 5.96. The Morgan fingerprint density at radius 2 is 1.84 bits per heavy atom. The Balaban J connectivity index is 1.33. The Morgan fingerprint density at radius 1 is 1.16 bits per heavy atom. The molecule has 3 heterocycles. The van der Waals surface area contributed by atoms with Gasteiger partial charge in [0, 0.05) is 31.4 Å². The highest BCUT2D eigenvalue weighted by molar-refractivity contribution is 6.62. The van der Waals surface area contributed by atoms with Crippen molar-refractivity contribution in [2.45, 2.75) is 58.7 Å². The second-order valence-corrected chi connectivity index (χ2v) is 9.43. The lowest BCUT2D eigenvalue weighted by molar-refractivity contribution is 0.00578. The zero-order valence-corrected chi connectivity index (χ0v) is 19.0. The Labute approximate surface area is 184 Å². The molecule has 0 spiro atoms. The third-order valence-corrected chi connectivity index (χ3v) is 6.62. The molecule has 4 rings (SSSR count). The molecule has 0 amide bonds. The third kappa shape index (κ3) is 4.55. The maximum absolute atomic E-state index is 14.7. The smallest absolute Gasteiger partial charge is 0.490 e. The molecule has 2 aliphatic heterocycles. The molecule has 0 saturated carbocycles. The van der Waals surface area contributed by atoms with Crippen molar-refractivity contribution in [1.29, 1.82) is 0 Å². The minimum atomic E-state index is -0.587. The van der Waals surface area contributed by atoms with Crippen LogP contribution in [0.4, 0.5) is 10.3 Å². The lowest BCUT2D eigenvalue weighted by Gasteiger charge is -2.32. The van der Waals surface area contributed by atoms with Gasteiger partial charge in [0.15, 0.2) is 11.6 Å². The average Bonchev–Trinajstić information content (AvgIpc) is 3.29. The summed E-state index contributed by atoms with van der Waals surface area (Å²) in [6, 6.07) is 4.92. The van der Waals surface area contributed by atoms with Crippen molar-refractivity contribution in [3.63, 3.8) is 0 Å². The molecule has 0 aliphatic carbocycles. The van der Waals surface area contributed by atoms with E-state index in [2.05, 4.69) is 21.8 Å². The lowest BCUT2D eigenvalue weighted by atomic mass is 9.79. The molecule has 0 N–H and O–H groups in total. The van der Waals surface area contributed by atoms with Crippen LogP contribution >= 0.6 is 0 Å². The van der Waals surface area contributed by atoms with Gasteiger partial charge < -0.3 is 18.9 Å². The van der Waals surface area contributed by atoms with E-state index in [1.807, 2.05) is 46.2 Å². The molecule has 1 atom stereocenters. The van der Waals surface area contributed by atoms with E-state index >= 15 is 0 Å². The minimum Gasteiger partial charge on any atom is -0.490 e. The maximum atomic E-state index is 14.7. The summed E-state index contributed by atoms with van der Waals surface area (Å²) in [5, 5.41) is 0. The molecule has 2 aromatic rings. The van der Waals surface area contributed by atoms with Gasteiger partial charge in [0.05, 0.1) is 17.8 Å². The van der Waals surface area contributed by atoms with E-state index in [0.717, 1.165) is 37.4 Å². The highest BCUT2D eigenvalue weighted by Gasteiger charge is 2.51. The van der Waals surface area contributed by atoms with Gasteiger partial charge in [-0.05, 0) is 63.7 Å². The number of nitrogens with zero attached hydrogens (tertiary/aromatic N) is 3. The largest absolute Gasteiger partial charge is 0.494 e. The van der Waals surface area contributed by atoms with Crippen molar-refractivity contribution in [2.75, 3.05) is 24.6 Å². The van der Waals surface area contributed by atoms with E-state index in [-0.39, 0.29) is 5.75 Å². The van der Waals surface area contributed by atoms with Crippen LogP contribution in [0.3, 0.4) is 0 Å². The SMILES string of the molecule is CCc1cnc(N2CC[C@@H](COc3ccc(B4OC(C)(C)C(C)(C)O4)cc3F)C2)nc1. The standard InChI is InChI=1S/C23H31BFN3O3/c1-6-16-12-26-21(27-13-16)28-10-9-17(14-28)15-29-20-8-7-18(11-19(20)25)24-30-22(2,3)23(4,5)31-24/h7-8,11-13,17H,6,9-10,14-15H2,1-5H3/t17-/m1/s1. The molecular formula is C23H31BFN3O3. The Hall–Kier alpha value is -2.19. The normalized spacial score (nSPS) is 22.2. The van der Waals surface area contributed by atoms with Crippen LogP contribution in [0.15, 0.2) is 30.6 Å².